The van der Waals surface area contributed by atoms with Gasteiger partial charge < -0.3 is 20.4 Å². The van der Waals surface area contributed by atoms with Crippen LogP contribution in [-0.4, -0.2) is 35.5 Å². The Bertz CT molecular complexity index is 1920. The lowest BCUT2D eigenvalue weighted by Crippen LogP contribution is -2.30. The molecule has 2 heterocycles. The van der Waals surface area contributed by atoms with Crippen molar-refractivity contribution in [3.8, 4) is 5.75 Å². The molecular weight excluding hydrogens is 634 g/mol. The van der Waals surface area contributed by atoms with Crippen molar-refractivity contribution in [2.75, 3.05) is 6.61 Å². The van der Waals surface area contributed by atoms with Crippen LogP contribution in [0.3, 0.4) is 0 Å². The topological polar surface area (TPSA) is 107 Å². The first kappa shape index (κ1) is 34.2. The molecule has 49 heavy (non-hydrogen) atoms. The third-order valence-electron chi connectivity index (χ3n) is 9.36. The van der Waals surface area contributed by atoms with Gasteiger partial charge in [-0.3, -0.25) is 20.4 Å². The van der Waals surface area contributed by atoms with Crippen LogP contribution in [0.5, 0.6) is 5.75 Å². The first-order valence-electron chi connectivity index (χ1n) is 16.9. The molecule has 8 nitrogen and oxygen atoms in total. The standard InChI is InChI=1S/C40H44ClN5O3/c1-24-19-31(20-25(2)36(24)41)49-18-10-17-33-32-15-9-16-34(35-26(3)45-46-27(35)4)37(32)44-38(33)40(48)43-23-29-13-8-14-30(21-29)39(47)42-22-28-11-6-5-7-12-28/h5-9,11-16,19-21,26-27,35,44-46H,10,17-18,22-23H2,1-4H3,(H,42,47)(H,43,48). The number of ether oxygens (including phenoxy) is 1. The first-order chi connectivity index (χ1) is 23.7. The Morgan fingerprint density at radius 2 is 1.45 bits per heavy atom. The van der Waals surface area contributed by atoms with Gasteiger partial charge in [-0.25, -0.2) is 0 Å². The van der Waals surface area contributed by atoms with Crippen molar-refractivity contribution in [2.45, 2.75) is 71.6 Å². The smallest absolute Gasteiger partial charge is 0.268 e. The summed E-state index contributed by atoms with van der Waals surface area (Å²) in [7, 11) is 0. The van der Waals surface area contributed by atoms with Crippen LogP contribution >= 0.6 is 11.6 Å². The van der Waals surface area contributed by atoms with Gasteiger partial charge in [0.15, 0.2) is 0 Å². The molecule has 6 rings (SSSR count). The van der Waals surface area contributed by atoms with Gasteiger partial charge in [0.2, 0.25) is 0 Å². The number of amides is 2. The van der Waals surface area contributed by atoms with Crippen LogP contribution in [0.25, 0.3) is 10.9 Å². The number of aromatic amines is 1. The Morgan fingerprint density at radius 1 is 0.796 bits per heavy atom. The molecule has 0 spiro atoms. The number of nitrogens with one attached hydrogen (secondary N) is 5. The van der Waals surface area contributed by atoms with Gasteiger partial charge in [0, 0.05) is 52.6 Å². The van der Waals surface area contributed by atoms with E-state index in [1.165, 1.54) is 5.56 Å². The predicted octanol–water partition coefficient (Wildman–Crippen LogP) is 7.28. The summed E-state index contributed by atoms with van der Waals surface area (Å²) in [5.74, 6) is 0.665. The highest BCUT2D eigenvalue weighted by Crippen LogP contribution is 2.35. The molecule has 1 fully saturated rings. The number of H-pyrrole nitrogens is 1. The molecule has 0 aliphatic carbocycles. The number of hydrazine groups is 1. The maximum atomic E-state index is 13.9. The average molecular weight is 678 g/mol. The third kappa shape index (κ3) is 7.83. The molecule has 254 valence electrons. The molecule has 1 saturated heterocycles. The Balaban J connectivity index is 1.20. The van der Waals surface area contributed by atoms with E-state index in [1.807, 2.05) is 74.5 Å². The summed E-state index contributed by atoms with van der Waals surface area (Å²) in [6.07, 6.45) is 1.37. The third-order valence-corrected chi connectivity index (χ3v) is 9.96. The molecule has 0 radical (unpaired) electrons. The summed E-state index contributed by atoms with van der Waals surface area (Å²) in [6.45, 7) is 9.52. The first-order valence-corrected chi connectivity index (χ1v) is 17.3. The van der Waals surface area contributed by atoms with E-state index in [0.717, 1.165) is 55.9 Å². The maximum Gasteiger partial charge on any atom is 0.268 e. The molecule has 1 aliphatic rings. The zero-order chi connectivity index (χ0) is 34.5. The van der Waals surface area contributed by atoms with Crippen molar-refractivity contribution >= 4 is 34.3 Å². The Morgan fingerprint density at radius 3 is 2.18 bits per heavy atom. The van der Waals surface area contributed by atoms with E-state index in [0.29, 0.717) is 30.8 Å². The number of benzene rings is 4. The molecule has 2 amide bonds. The second kappa shape index (κ2) is 15.3. The quantitative estimate of drug-likeness (QED) is 0.0893. The van der Waals surface area contributed by atoms with Gasteiger partial charge in [-0.1, -0.05) is 72.3 Å². The lowest BCUT2D eigenvalue weighted by molar-refractivity contribution is 0.0942. The van der Waals surface area contributed by atoms with Crippen LogP contribution in [0.4, 0.5) is 0 Å². The van der Waals surface area contributed by atoms with Gasteiger partial charge in [0.25, 0.3) is 11.8 Å². The van der Waals surface area contributed by atoms with Gasteiger partial charge in [-0.05, 0) is 98.2 Å². The molecule has 5 aromatic rings. The number of halogens is 1. The number of carbonyl (C=O) groups excluding carboxylic acids is 2. The Labute approximate surface area is 293 Å². The fraction of sp³-hybridized carbons (Fsp3) is 0.300. The van der Waals surface area contributed by atoms with E-state index in [2.05, 4.69) is 58.5 Å². The van der Waals surface area contributed by atoms with E-state index < -0.39 is 0 Å². The number of aryl methyl sites for hydroxylation is 3. The van der Waals surface area contributed by atoms with Crippen molar-refractivity contribution in [2.24, 2.45) is 0 Å². The van der Waals surface area contributed by atoms with E-state index in [4.69, 9.17) is 16.3 Å². The minimum Gasteiger partial charge on any atom is -0.494 e. The minimum absolute atomic E-state index is 0.159. The second-order valence-electron chi connectivity index (χ2n) is 13.0. The van der Waals surface area contributed by atoms with Gasteiger partial charge in [0.1, 0.15) is 11.4 Å². The van der Waals surface area contributed by atoms with Crippen molar-refractivity contribution in [3.63, 3.8) is 0 Å². The summed E-state index contributed by atoms with van der Waals surface area (Å²) in [5.41, 5.74) is 14.8. The van der Waals surface area contributed by atoms with Gasteiger partial charge in [-0.2, -0.15) is 0 Å². The fourth-order valence-corrected chi connectivity index (χ4v) is 6.95. The van der Waals surface area contributed by atoms with E-state index in [9.17, 15) is 9.59 Å². The predicted molar refractivity (Wildman–Crippen MR) is 196 cm³/mol. The molecule has 2 atom stereocenters. The Kier molecular flexibility index (Phi) is 10.7. The molecule has 5 N–H and O–H groups in total. The van der Waals surface area contributed by atoms with Crippen LogP contribution in [0, 0.1) is 13.8 Å². The number of para-hydroxylation sites is 1. The fourth-order valence-electron chi connectivity index (χ4n) is 6.84. The van der Waals surface area contributed by atoms with Crippen molar-refractivity contribution in [3.05, 3.63) is 135 Å². The molecule has 1 aromatic heterocycles. The average Bonchev–Trinajstić information content (AvgIpc) is 3.66. The van der Waals surface area contributed by atoms with E-state index in [1.54, 1.807) is 6.07 Å². The highest BCUT2D eigenvalue weighted by molar-refractivity contribution is 6.32. The minimum atomic E-state index is -0.190. The normalized spacial score (nSPS) is 17.3. The summed E-state index contributed by atoms with van der Waals surface area (Å²) >= 11 is 6.36. The number of carbonyl (C=O) groups is 2. The molecule has 4 aromatic carbocycles. The summed E-state index contributed by atoms with van der Waals surface area (Å²) in [5, 5.41) is 7.89. The number of hydrogen-bond acceptors (Lipinski definition) is 5. The van der Waals surface area contributed by atoms with Crippen LogP contribution in [0.2, 0.25) is 5.02 Å². The Hall–Kier alpha value is -4.63. The van der Waals surface area contributed by atoms with Gasteiger partial charge in [0.05, 0.1) is 6.61 Å². The molecule has 9 heteroatoms. The number of fused-ring (bicyclic) bond motifs is 1. The monoisotopic (exact) mass is 677 g/mol. The molecule has 0 bridgehead atoms. The highest BCUT2D eigenvalue weighted by Gasteiger charge is 2.33. The lowest BCUT2D eigenvalue weighted by Gasteiger charge is -2.19. The van der Waals surface area contributed by atoms with Crippen LogP contribution in [0.1, 0.15) is 80.4 Å². The SMILES string of the molecule is Cc1cc(OCCCc2c(C(=O)NCc3cccc(C(=O)NCc4ccccc4)c3)[nH]c3c(C4C(C)NNC4C)cccc23)cc(C)c1Cl. The zero-order valence-electron chi connectivity index (χ0n) is 28.5. The summed E-state index contributed by atoms with van der Waals surface area (Å²) < 4.78 is 6.13. The van der Waals surface area contributed by atoms with Crippen LogP contribution in [-0.2, 0) is 19.5 Å². The highest BCUT2D eigenvalue weighted by atomic mass is 35.5. The zero-order valence-corrected chi connectivity index (χ0v) is 29.2. The van der Waals surface area contributed by atoms with E-state index >= 15 is 0 Å². The maximum absolute atomic E-state index is 13.9. The molecule has 2 unspecified atom stereocenters. The van der Waals surface area contributed by atoms with Crippen LogP contribution in [0.15, 0.2) is 84.9 Å². The van der Waals surface area contributed by atoms with Crippen molar-refractivity contribution in [1.82, 2.24) is 26.5 Å². The molecule has 1 aliphatic heterocycles. The molecule has 0 saturated carbocycles. The number of rotatable bonds is 12. The van der Waals surface area contributed by atoms with Crippen molar-refractivity contribution in [1.29, 1.82) is 0 Å². The summed E-state index contributed by atoms with van der Waals surface area (Å²) in [4.78, 5) is 30.4. The van der Waals surface area contributed by atoms with E-state index in [-0.39, 0.29) is 36.4 Å². The lowest BCUT2D eigenvalue weighted by atomic mass is 9.87. The number of aromatic nitrogens is 1. The second-order valence-corrected chi connectivity index (χ2v) is 13.4. The largest absolute Gasteiger partial charge is 0.494 e. The van der Waals surface area contributed by atoms with Crippen molar-refractivity contribution < 1.29 is 14.3 Å². The van der Waals surface area contributed by atoms with Crippen LogP contribution < -0.4 is 26.2 Å². The number of hydrogen-bond donors (Lipinski definition) is 5. The van der Waals surface area contributed by atoms with Gasteiger partial charge in [-0.15, -0.1) is 0 Å². The summed E-state index contributed by atoms with van der Waals surface area (Å²) in [6, 6.07) is 27.9. The van der Waals surface area contributed by atoms with Gasteiger partial charge >= 0.3 is 0 Å². The molecular formula is C40H44ClN5O3.